The molecule has 0 aliphatic rings. The van der Waals surface area contributed by atoms with Crippen molar-refractivity contribution in [2.24, 2.45) is 0 Å². The Morgan fingerprint density at radius 1 is 1.65 bits per heavy atom. The molecule has 0 bridgehead atoms. The summed E-state index contributed by atoms with van der Waals surface area (Å²) in [7, 11) is 0. The molecule has 0 fully saturated rings. The van der Waals surface area contributed by atoms with Crippen molar-refractivity contribution >= 4 is 22.6 Å². The molecule has 17 heavy (non-hydrogen) atoms. The molecule has 84 valence electrons. The third-order valence-electron chi connectivity index (χ3n) is 2.30. The van der Waals surface area contributed by atoms with E-state index in [1.54, 1.807) is 6.92 Å². The zero-order valence-corrected chi connectivity index (χ0v) is 9.67. The molecule has 0 aliphatic heterocycles. The van der Waals surface area contributed by atoms with Gasteiger partial charge in [0, 0.05) is 0 Å². The zero-order chi connectivity index (χ0) is 12.4. The number of aromatic amines is 1. The quantitative estimate of drug-likeness (QED) is 0.770. The van der Waals surface area contributed by atoms with Crippen LogP contribution in [-0.2, 0) is 6.54 Å². The minimum atomic E-state index is -0.337. The number of hydrogen-bond donors (Lipinski definition) is 1. The van der Waals surface area contributed by atoms with E-state index in [2.05, 4.69) is 21.8 Å². The number of fused-ring (bicyclic) bond motifs is 1. The third kappa shape index (κ3) is 1.67. The minimum absolute atomic E-state index is 0.189. The minimum Gasteiger partial charge on any atom is -0.313 e. The lowest BCUT2D eigenvalue weighted by atomic mass is 10.3. The molecular formula is C11H7ClN4O. The highest BCUT2D eigenvalue weighted by Gasteiger charge is 2.18. The molecule has 0 saturated carbocycles. The molecular weight excluding hydrogens is 240 g/mol. The molecule has 0 spiro atoms. The van der Waals surface area contributed by atoms with Gasteiger partial charge in [-0.3, -0.25) is 4.79 Å². The second-order valence-electron chi connectivity index (χ2n) is 3.22. The average Bonchev–Trinajstić information content (AvgIpc) is 2.60. The Bertz CT molecular complexity index is 739. The van der Waals surface area contributed by atoms with E-state index in [9.17, 15) is 4.79 Å². The standard InChI is InChI=1S/C11H7ClN4O/c1-2-3-4-16-9-8(7(5-13)10(16)12)14-6-15-11(9)17/h6H,4H2,1H3,(H,14,15,17). The summed E-state index contributed by atoms with van der Waals surface area (Å²) in [6.45, 7) is 1.94. The first-order valence-corrected chi connectivity index (χ1v) is 5.13. The summed E-state index contributed by atoms with van der Waals surface area (Å²) in [6.07, 6.45) is 1.25. The van der Waals surface area contributed by atoms with E-state index in [4.69, 9.17) is 16.9 Å². The molecule has 6 heteroatoms. The van der Waals surface area contributed by atoms with Gasteiger partial charge in [0.15, 0.2) is 0 Å². The topological polar surface area (TPSA) is 74.5 Å². The van der Waals surface area contributed by atoms with Gasteiger partial charge in [0.2, 0.25) is 0 Å². The van der Waals surface area contributed by atoms with Crippen LogP contribution in [0.1, 0.15) is 12.5 Å². The molecule has 0 atom stereocenters. The van der Waals surface area contributed by atoms with E-state index < -0.39 is 0 Å². The molecule has 1 N–H and O–H groups in total. The van der Waals surface area contributed by atoms with Gasteiger partial charge in [0.1, 0.15) is 27.8 Å². The Kier molecular flexibility index (Phi) is 2.86. The molecule has 0 saturated heterocycles. The van der Waals surface area contributed by atoms with Crippen LogP contribution in [0, 0.1) is 23.2 Å². The maximum Gasteiger partial charge on any atom is 0.275 e. The fourth-order valence-electron chi connectivity index (χ4n) is 1.56. The Labute approximate surface area is 102 Å². The fraction of sp³-hybridized carbons (Fsp3) is 0.182. The van der Waals surface area contributed by atoms with Gasteiger partial charge in [-0.25, -0.2) is 4.98 Å². The second-order valence-corrected chi connectivity index (χ2v) is 3.58. The summed E-state index contributed by atoms with van der Waals surface area (Å²) in [5.74, 6) is 5.51. The Hall–Kier alpha value is -2.24. The monoisotopic (exact) mass is 246 g/mol. The largest absolute Gasteiger partial charge is 0.313 e. The number of halogens is 1. The van der Waals surface area contributed by atoms with Crippen LogP contribution >= 0.6 is 11.6 Å². The van der Waals surface area contributed by atoms with Crippen molar-refractivity contribution in [1.82, 2.24) is 14.5 Å². The zero-order valence-electron chi connectivity index (χ0n) is 8.91. The molecule has 0 amide bonds. The van der Waals surface area contributed by atoms with Gasteiger partial charge in [-0.05, 0) is 6.92 Å². The number of nitriles is 1. The van der Waals surface area contributed by atoms with Crippen molar-refractivity contribution in [2.45, 2.75) is 13.5 Å². The molecule has 0 aliphatic carbocycles. The van der Waals surface area contributed by atoms with E-state index in [1.807, 2.05) is 6.07 Å². The van der Waals surface area contributed by atoms with Gasteiger partial charge in [-0.15, -0.1) is 5.92 Å². The van der Waals surface area contributed by atoms with Crippen molar-refractivity contribution in [3.63, 3.8) is 0 Å². The Morgan fingerprint density at radius 3 is 3.06 bits per heavy atom. The van der Waals surface area contributed by atoms with Crippen molar-refractivity contribution in [3.8, 4) is 17.9 Å². The van der Waals surface area contributed by atoms with Crippen LogP contribution in [0.5, 0.6) is 0 Å². The lowest BCUT2D eigenvalue weighted by Gasteiger charge is -1.99. The molecule has 2 aromatic rings. The fourth-order valence-corrected chi connectivity index (χ4v) is 1.84. The first kappa shape index (κ1) is 11.3. The number of H-pyrrole nitrogens is 1. The van der Waals surface area contributed by atoms with E-state index in [1.165, 1.54) is 10.9 Å². The molecule has 2 heterocycles. The highest BCUT2D eigenvalue weighted by Crippen LogP contribution is 2.25. The number of nitrogens with zero attached hydrogens (tertiary/aromatic N) is 3. The molecule has 0 unspecified atom stereocenters. The van der Waals surface area contributed by atoms with E-state index in [0.717, 1.165) is 0 Å². The predicted molar refractivity (Wildman–Crippen MR) is 63.5 cm³/mol. The highest BCUT2D eigenvalue weighted by molar-refractivity contribution is 6.32. The van der Waals surface area contributed by atoms with Gasteiger partial charge in [-0.2, -0.15) is 5.26 Å². The molecule has 5 nitrogen and oxygen atoms in total. The number of nitrogens with one attached hydrogen (secondary N) is 1. The van der Waals surface area contributed by atoms with Crippen molar-refractivity contribution < 1.29 is 0 Å². The van der Waals surface area contributed by atoms with Crippen LogP contribution in [0.15, 0.2) is 11.1 Å². The summed E-state index contributed by atoms with van der Waals surface area (Å²) in [6, 6.07) is 1.95. The molecule has 2 rings (SSSR count). The van der Waals surface area contributed by atoms with E-state index >= 15 is 0 Å². The normalized spacial score (nSPS) is 9.71. The van der Waals surface area contributed by atoms with Gasteiger partial charge in [0.05, 0.1) is 12.9 Å². The van der Waals surface area contributed by atoms with Crippen molar-refractivity contribution in [2.75, 3.05) is 0 Å². The molecule has 2 aromatic heterocycles. The summed E-state index contributed by atoms with van der Waals surface area (Å²) >= 11 is 6.04. The first-order valence-electron chi connectivity index (χ1n) is 4.75. The van der Waals surface area contributed by atoms with Gasteiger partial charge < -0.3 is 9.55 Å². The van der Waals surface area contributed by atoms with Crippen molar-refractivity contribution in [3.05, 3.63) is 27.4 Å². The first-order chi connectivity index (χ1) is 8.20. The third-order valence-corrected chi connectivity index (χ3v) is 2.70. The van der Waals surface area contributed by atoms with Crippen LogP contribution < -0.4 is 5.56 Å². The van der Waals surface area contributed by atoms with Crippen LogP contribution in [-0.4, -0.2) is 14.5 Å². The lowest BCUT2D eigenvalue weighted by molar-refractivity contribution is 0.876. The smallest absolute Gasteiger partial charge is 0.275 e. The maximum absolute atomic E-state index is 11.7. The van der Waals surface area contributed by atoms with Crippen LogP contribution in [0.2, 0.25) is 5.15 Å². The van der Waals surface area contributed by atoms with E-state index in [-0.39, 0.29) is 28.3 Å². The maximum atomic E-state index is 11.7. The second kappa shape index (κ2) is 4.32. The van der Waals surface area contributed by atoms with Gasteiger partial charge in [0.25, 0.3) is 5.56 Å². The Morgan fingerprint density at radius 2 is 2.41 bits per heavy atom. The predicted octanol–water partition coefficient (Wildman–Crippen LogP) is 1.27. The van der Waals surface area contributed by atoms with Gasteiger partial charge >= 0.3 is 0 Å². The average molecular weight is 247 g/mol. The van der Waals surface area contributed by atoms with Crippen LogP contribution in [0.4, 0.5) is 0 Å². The van der Waals surface area contributed by atoms with Crippen LogP contribution in [0.3, 0.4) is 0 Å². The summed E-state index contributed by atoms with van der Waals surface area (Å²) in [5, 5.41) is 9.20. The Balaban J connectivity index is 2.90. The van der Waals surface area contributed by atoms with Crippen molar-refractivity contribution in [1.29, 1.82) is 5.26 Å². The number of aromatic nitrogens is 3. The number of rotatable bonds is 1. The summed E-state index contributed by atoms with van der Waals surface area (Å²) in [4.78, 5) is 18.1. The van der Waals surface area contributed by atoms with Crippen LogP contribution in [0.25, 0.3) is 11.0 Å². The van der Waals surface area contributed by atoms with Gasteiger partial charge in [-0.1, -0.05) is 17.5 Å². The van der Waals surface area contributed by atoms with E-state index in [0.29, 0.717) is 5.52 Å². The molecule has 0 radical (unpaired) electrons. The number of hydrogen-bond acceptors (Lipinski definition) is 3. The highest BCUT2D eigenvalue weighted by atomic mass is 35.5. The summed E-state index contributed by atoms with van der Waals surface area (Å²) < 4.78 is 1.48. The SMILES string of the molecule is CC#CCn1c(Cl)c(C#N)c2nc[nH]c(=O)c21. The summed E-state index contributed by atoms with van der Waals surface area (Å²) in [5.41, 5.74) is 0.443. The lowest BCUT2D eigenvalue weighted by Crippen LogP contribution is -2.11. The molecule has 0 aromatic carbocycles.